The van der Waals surface area contributed by atoms with Crippen LogP contribution in [-0.2, 0) is 10.3 Å². The number of halogens is 3. The highest BCUT2D eigenvalue weighted by molar-refractivity contribution is 6.02. The van der Waals surface area contributed by atoms with Crippen LogP contribution in [-0.4, -0.2) is 28.9 Å². The minimum Gasteiger partial charge on any atom is -0.456 e. The zero-order valence-electron chi connectivity index (χ0n) is 16.4. The molecule has 3 N–H and O–H groups in total. The number of aliphatic imine (C=N–C) groups is 1. The molecule has 0 spiro atoms. The molecular formula is C21H18F3N5O2. The fourth-order valence-electron chi connectivity index (χ4n) is 3.15. The predicted octanol–water partition coefficient (Wildman–Crippen LogP) is 3.48. The van der Waals surface area contributed by atoms with E-state index in [1.54, 1.807) is 0 Å². The van der Waals surface area contributed by atoms with E-state index in [9.17, 15) is 18.0 Å². The number of nitriles is 1. The van der Waals surface area contributed by atoms with E-state index in [-0.39, 0.29) is 22.5 Å². The average molecular weight is 429 g/mol. The number of anilines is 1. The third-order valence-electron chi connectivity index (χ3n) is 4.79. The summed E-state index contributed by atoms with van der Waals surface area (Å²) in [7, 11) is 0. The average Bonchev–Trinajstić information content (AvgIpc) is 2.74. The van der Waals surface area contributed by atoms with E-state index in [1.165, 1.54) is 36.5 Å². The summed E-state index contributed by atoms with van der Waals surface area (Å²) in [5.74, 6) is -4.62. The summed E-state index contributed by atoms with van der Waals surface area (Å²) in [5, 5.41) is 11.4. The molecule has 0 saturated carbocycles. The number of benzene rings is 1. The molecule has 1 aliphatic rings. The maximum atomic E-state index is 14.7. The summed E-state index contributed by atoms with van der Waals surface area (Å²) in [4.78, 5) is 20.4. The first-order valence-corrected chi connectivity index (χ1v) is 9.09. The second-order valence-electron chi connectivity index (χ2n) is 7.04. The van der Waals surface area contributed by atoms with Crippen molar-refractivity contribution in [1.82, 2.24) is 4.98 Å². The summed E-state index contributed by atoms with van der Waals surface area (Å²) in [5.41, 5.74) is 4.37. The van der Waals surface area contributed by atoms with Gasteiger partial charge in [0, 0.05) is 30.8 Å². The maximum Gasteiger partial charge on any atom is 0.283 e. The number of hydrogen-bond donors (Lipinski definition) is 2. The largest absolute Gasteiger partial charge is 0.456 e. The molecule has 0 saturated heterocycles. The van der Waals surface area contributed by atoms with Gasteiger partial charge < -0.3 is 15.8 Å². The number of hydrogen-bond acceptors (Lipinski definition) is 6. The number of alkyl halides is 2. The first-order chi connectivity index (χ1) is 14.6. The quantitative estimate of drug-likeness (QED) is 0.707. The van der Waals surface area contributed by atoms with Crippen LogP contribution < -0.4 is 11.1 Å². The molecule has 0 radical (unpaired) electrons. The fourth-order valence-corrected chi connectivity index (χ4v) is 3.15. The Balaban J connectivity index is 1.95. The van der Waals surface area contributed by atoms with Gasteiger partial charge in [-0.2, -0.15) is 5.26 Å². The third-order valence-corrected chi connectivity index (χ3v) is 4.79. The molecule has 0 aliphatic carbocycles. The Morgan fingerprint density at radius 1 is 1.45 bits per heavy atom. The molecule has 1 amide bonds. The normalized spacial score (nSPS) is 20.7. The molecule has 2 aromatic rings. The van der Waals surface area contributed by atoms with Crippen LogP contribution in [0.3, 0.4) is 0 Å². The molecule has 2 atom stereocenters. The van der Waals surface area contributed by atoms with Crippen LogP contribution in [0.15, 0.2) is 54.2 Å². The number of ether oxygens (including phenoxy) is 1. The maximum absolute atomic E-state index is 14.7. The smallest absolute Gasteiger partial charge is 0.283 e. The van der Waals surface area contributed by atoms with Crippen molar-refractivity contribution in [3.63, 3.8) is 0 Å². The Kier molecular flexibility index (Phi) is 5.71. The van der Waals surface area contributed by atoms with Gasteiger partial charge in [0.2, 0.25) is 0 Å². The van der Waals surface area contributed by atoms with Gasteiger partial charge >= 0.3 is 0 Å². The van der Waals surface area contributed by atoms with Crippen LogP contribution in [0.4, 0.5) is 18.9 Å². The Hall–Kier alpha value is -3.87. The van der Waals surface area contributed by atoms with Crippen molar-refractivity contribution in [1.29, 1.82) is 5.26 Å². The van der Waals surface area contributed by atoms with Gasteiger partial charge in [0.05, 0.1) is 5.56 Å². The molecule has 1 aromatic carbocycles. The van der Waals surface area contributed by atoms with E-state index >= 15 is 0 Å². The van der Waals surface area contributed by atoms with E-state index < -0.39 is 41.7 Å². The van der Waals surface area contributed by atoms with Gasteiger partial charge in [0.25, 0.3) is 17.9 Å². The molecule has 2 heterocycles. The van der Waals surface area contributed by atoms with Crippen LogP contribution in [0, 0.1) is 17.1 Å². The number of amidine groups is 1. The van der Waals surface area contributed by atoms with Gasteiger partial charge in [0.1, 0.15) is 23.1 Å². The fraction of sp³-hybridized carbons (Fsp3) is 0.238. The highest BCUT2D eigenvalue weighted by Gasteiger charge is 2.47. The second-order valence-corrected chi connectivity index (χ2v) is 7.04. The zero-order chi connectivity index (χ0) is 22.8. The minimum atomic E-state index is -3.27. The van der Waals surface area contributed by atoms with Gasteiger partial charge in [-0.3, -0.25) is 4.79 Å². The number of pyridine rings is 1. The number of aromatic nitrogens is 1. The summed E-state index contributed by atoms with van der Waals surface area (Å²) >= 11 is 0. The van der Waals surface area contributed by atoms with Crippen LogP contribution >= 0.6 is 0 Å². The molecule has 3 rings (SSSR count). The molecular weight excluding hydrogens is 411 g/mol. The molecule has 10 heteroatoms. The second kappa shape index (κ2) is 8.10. The number of nitrogens with zero attached hydrogens (tertiary/aromatic N) is 3. The van der Waals surface area contributed by atoms with Crippen molar-refractivity contribution in [2.45, 2.75) is 30.9 Å². The number of carbonyl (C=O) groups is 1. The highest BCUT2D eigenvalue weighted by atomic mass is 19.3. The molecule has 1 aliphatic heterocycles. The number of carbonyl (C=O) groups excluding carboxylic acids is 1. The predicted molar refractivity (Wildman–Crippen MR) is 107 cm³/mol. The van der Waals surface area contributed by atoms with E-state index in [0.717, 1.165) is 6.07 Å². The Morgan fingerprint density at radius 3 is 2.77 bits per heavy atom. The topological polar surface area (TPSA) is 113 Å². The first-order valence-electron chi connectivity index (χ1n) is 9.09. The lowest BCUT2D eigenvalue weighted by molar-refractivity contribution is -0.101. The molecule has 31 heavy (non-hydrogen) atoms. The Bertz CT molecular complexity index is 1090. The van der Waals surface area contributed by atoms with Gasteiger partial charge in [-0.15, -0.1) is 6.58 Å². The lowest BCUT2D eigenvalue weighted by Crippen LogP contribution is -2.47. The first kappa shape index (κ1) is 21.8. The SMILES string of the molecule is C=C[C@@]1(c2cc(NC(=O)c3ccc(C#N)cn3)ccc2F)C[C@@H](C(C)(F)F)OC(N)=N1. The number of nitrogens with two attached hydrogens (primary N) is 1. The standard InChI is InChI=1S/C21H18F3N5O2/c1-3-21(9-17(20(2,23)24)31-19(26)29-21)14-8-13(5-6-15(14)22)28-18(30)16-7-4-12(10-25)11-27-16/h3-8,11,17H,1,9H2,2H3,(H2,26,29)(H,28,30)/t17-,21-/m0/s1. The molecule has 1 aromatic heterocycles. The highest BCUT2D eigenvalue weighted by Crippen LogP contribution is 2.42. The van der Waals surface area contributed by atoms with Crippen molar-refractivity contribution in [3.8, 4) is 6.07 Å². The molecule has 0 fully saturated rings. The molecule has 160 valence electrons. The van der Waals surface area contributed by atoms with Crippen LogP contribution in [0.25, 0.3) is 0 Å². The van der Waals surface area contributed by atoms with Crippen molar-refractivity contribution < 1.29 is 22.7 Å². The lowest BCUT2D eigenvalue weighted by atomic mass is 9.82. The van der Waals surface area contributed by atoms with Crippen molar-refractivity contribution in [3.05, 3.63) is 71.8 Å². The number of nitrogens with one attached hydrogen (secondary N) is 1. The lowest BCUT2D eigenvalue weighted by Gasteiger charge is -2.37. The van der Waals surface area contributed by atoms with Crippen molar-refractivity contribution in [2.24, 2.45) is 10.7 Å². The minimum absolute atomic E-state index is 0.0299. The summed E-state index contributed by atoms with van der Waals surface area (Å²) in [6, 6.07) is 7.80. The van der Waals surface area contributed by atoms with Crippen LogP contribution in [0.2, 0.25) is 0 Å². The number of amides is 1. The van der Waals surface area contributed by atoms with E-state index in [0.29, 0.717) is 6.92 Å². The van der Waals surface area contributed by atoms with Crippen molar-refractivity contribution >= 4 is 17.6 Å². The molecule has 7 nitrogen and oxygen atoms in total. The monoisotopic (exact) mass is 429 g/mol. The number of rotatable bonds is 5. The van der Waals surface area contributed by atoms with E-state index in [1.807, 2.05) is 6.07 Å². The van der Waals surface area contributed by atoms with Crippen molar-refractivity contribution in [2.75, 3.05) is 5.32 Å². The van der Waals surface area contributed by atoms with Gasteiger partial charge in [0.15, 0.2) is 6.10 Å². The van der Waals surface area contributed by atoms with Crippen LogP contribution in [0.5, 0.6) is 0 Å². The molecule has 0 unspecified atom stereocenters. The Labute approximate surface area is 176 Å². The summed E-state index contributed by atoms with van der Waals surface area (Å²) in [6.07, 6.45) is 0.394. The Morgan fingerprint density at radius 2 is 2.19 bits per heavy atom. The summed E-state index contributed by atoms with van der Waals surface area (Å²) in [6.45, 7) is 4.29. The van der Waals surface area contributed by atoms with Gasteiger partial charge in [-0.1, -0.05) is 6.08 Å². The third kappa shape index (κ3) is 4.50. The van der Waals surface area contributed by atoms with Gasteiger partial charge in [-0.25, -0.2) is 23.1 Å². The zero-order valence-corrected chi connectivity index (χ0v) is 16.4. The molecule has 0 bridgehead atoms. The van der Waals surface area contributed by atoms with E-state index in [2.05, 4.69) is 21.9 Å². The van der Waals surface area contributed by atoms with Gasteiger partial charge in [-0.05, 0) is 30.3 Å². The van der Waals surface area contributed by atoms with Crippen LogP contribution in [0.1, 0.15) is 35.0 Å². The van der Waals surface area contributed by atoms with E-state index in [4.69, 9.17) is 15.7 Å². The summed E-state index contributed by atoms with van der Waals surface area (Å²) < 4.78 is 47.5.